The summed E-state index contributed by atoms with van der Waals surface area (Å²) in [5.74, 6) is -0.292. The lowest BCUT2D eigenvalue weighted by Gasteiger charge is -2.05. The normalized spacial score (nSPS) is 10.9. The molecule has 6 nitrogen and oxygen atoms in total. The van der Waals surface area contributed by atoms with Gasteiger partial charge in [-0.3, -0.25) is 0 Å². The number of hydrogen-bond acceptors (Lipinski definition) is 5. The van der Waals surface area contributed by atoms with E-state index in [1.165, 1.54) is 12.1 Å². The van der Waals surface area contributed by atoms with Crippen LogP contribution in [0.3, 0.4) is 0 Å². The van der Waals surface area contributed by atoms with Gasteiger partial charge in [0.2, 0.25) is 0 Å². The molecule has 0 aliphatic carbocycles. The summed E-state index contributed by atoms with van der Waals surface area (Å²) in [6.07, 6.45) is 1.61. The largest absolute Gasteiger partial charge is 0.457 e. The number of carbonyl (C=O) groups excluding carboxylic acids is 1. The fourth-order valence-corrected chi connectivity index (χ4v) is 2.98. The van der Waals surface area contributed by atoms with Crippen LogP contribution in [0.2, 0.25) is 0 Å². The van der Waals surface area contributed by atoms with Crippen LogP contribution < -0.4 is 0 Å². The molecule has 0 aliphatic rings. The summed E-state index contributed by atoms with van der Waals surface area (Å²) in [5, 5.41) is 8.41. The lowest BCUT2D eigenvalue weighted by molar-refractivity contribution is 0.0471. The molecule has 0 aliphatic heterocycles. The highest BCUT2D eigenvalue weighted by molar-refractivity contribution is 5.96. The Balaban J connectivity index is 1.69. The summed E-state index contributed by atoms with van der Waals surface area (Å²) in [5.41, 5.74) is 3.52. The lowest BCUT2D eigenvalue weighted by Crippen LogP contribution is -2.06. The number of aryl methyl sites for hydroxylation is 2. The minimum Gasteiger partial charge on any atom is -0.457 e. The predicted molar refractivity (Wildman–Crippen MR) is 104 cm³/mol. The van der Waals surface area contributed by atoms with Gasteiger partial charge >= 0.3 is 5.97 Å². The van der Waals surface area contributed by atoms with Crippen LogP contribution in [-0.4, -0.2) is 20.9 Å². The standard InChI is InChI=1S/C22H18FN3O3/c1-14-20(15(2)29-25-14)13-28-22(27)19-12-26(18-6-4-3-5-7-18)24-21(19)16-8-10-17(23)11-9-16/h3-12H,13H2,1-2H3. The predicted octanol–water partition coefficient (Wildman–Crippen LogP) is 4.64. The van der Waals surface area contributed by atoms with Crippen LogP contribution in [-0.2, 0) is 11.3 Å². The fourth-order valence-electron chi connectivity index (χ4n) is 2.98. The molecule has 0 saturated heterocycles. The van der Waals surface area contributed by atoms with Crippen molar-refractivity contribution in [2.75, 3.05) is 0 Å². The highest BCUT2D eigenvalue weighted by Gasteiger charge is 2.21. The summed E-state index contributed by atoms with van der Waals surface area (Å²) in [7, 11) is 0. The number of ether oxygens (including phenoxy) is 1. The highest BCUT2D eigenvalue weighted by atomic mass is 19.1. The Kier molecular flexibility index (Phi) is 4.95. The third-order valence-corrected chi connectivity index (χ3v) is 4.60. The number of nitrogens with zero attached hydrogens (tertiary/aromatic N) is 3. The molecule has 4 rings (SSSR count). The van der Waals surface area contributed by atoms with Gasteiger partial charge < -0.3 is 9.26 Å². The van der Waals surface area contributed by atoms with E-state index in [2.05, 4.69) is 10.3 Å². The summed E-state index contributed by atoms with van der Waals surface area (Å²) >= 11 is 0. The number of aromatic nitrogens is 3. The molecular weight excluding hydrogens is 373 g/mol. The smallest absolute Gasteiger partial charge is 0.342 e. The van der Waals surface area contributed by atoms with Crippen LogP contribution >= 0.6 is 0 Å². The van der Waals surface area contributed by atoms with Gasteiger partial charge in [0.15, 0.2) is 0 Å². The number of esters is 1. The maximum absolute atomic E-state index is 13.4. The molecule has 0 atom stereocenters. The Morgan fingerprint density at radius 3 is 2.48 bits per heavy atom. The first-order chi connectivity index (χ1) is 14.0. The first-order valence-corrected chi connectivity index (χ1v) is 9.03. The topological polar surface area (TPSA) is 70.2 Å². The molecule has 146 valence electrons. The van der Waals surface area contributed by atoms with Gasteiger partial charge in [-0.2, -0.15) is 5.10 Å². The van der Waals surface area contributed by atoms with Gasteiger partial charge in [0, 0.05) is 11.8 Å². The molecule has 0 radical (unpaired) electrons. The molecular formula is C22H18FN3O3. The quantitative estimate of drug-likeness (QED) is 0.464. The monoisotopic (exact) mass is 391 g/mol. The van der Waals surface area contributed by atoms with Crippen molar-refractivity contribution in [2.24, 2.45) is 0 Å². The molecule has 2 aromatic carbocycles. The number of carbonyl (C=O) groups is 1. The van der Waals surface area contributed by atoms with Gasteiger partial charge in [-0.25, -0.2) is 13.9 Å². The van der Waals surface area contributed by atoms with Crippen molar-refractivity contribution < 1.29 is 18.4 Å². The molecule has 0 unspecified atom stereocenters. The zero-order valence-electron chi connectivity index (χ0n) is 15.9. The first-order valence-electron chi connectivity index (χ1n) is 9.03. The maximum Gasteiger partial charge on any atom is 0.342 e. The molecule has 7 heteroatoms. The van der Waals surface area contributed by atoms with Crippen LogP contribution in [0.25, 0.3) is 16.9 Å². The first kappa shape index (κ1) is 18.6. The molecule has 0 saturated carbocycles. The molecule has 29 heavy (non-hydrogen) atoms. The molecule has 0 spiro atoms. The van der Waals surface area contributed by atoms with E-state index in [9.17, 15) is 9.18 Å². The second kappa shape index (κ2) is 7.71. The van der Waals surface area contributed by atoms with E-state index in [-0.39, 0.29) is 18.0 Å². The molecule has 0 N–H and O–H groups in total. The number of rotatable bonds is 5. The summed E-state index contributed by atoms with van der Waals surface area (Å²) in [4.78, 5) is 12.9. The van der Waals surface area contributed by atoms with E-state index in [4.69, 9.17) is 9.26 Å². The van der Waals surface area contributed by atoms with Gasteiger partial charge in [0.25, 0.3) is 0 Å². The second-order valence-electron chi connectivity index (χ2n) is 6.56. The van der Waals surface area contributed by atoms with Gasteiger partial charge in [-0.1, -0.05) is 23.4 Å². The summed E-state index contributed by atoms with van der Waals surface area (Å²) in [6, 6.07) is 15.2. The van der Waals surface area contributed by atoms with Crippen molar-refractivity contribution in [2.45, 2.75) is 20.5 Å². The lowest BCUT2D eigenvalue weighted by atomic mass is 10.1. The van der Waals surface area contributed by atoms with Crippen LogP contribution in [0, 0.1) is 19.7 Å². The van der Waals surface area contributed by atoms with Crippen molar-refractivity contribution in [3.8, 4) is 16.9 Å². The van der Waals surface area contributed by atoms with Crippen molar-refractivity contribution in [3.63, 3.8) is 0 Å². The Morgan fingerprint density at radius 2 is 1.83 bits per heavy atom. The SMILES string of the molecule is Cc1noc(C)c1COC(=O)c1cn(-c2ccccc2)nc1-c1ccc(F)cc1. The van der Waals surface area contributed by atoms with Crippen molar-refractivity contribution in [1.29, 1.82) is 0 Å². The Morgan fingerprint density at radius 1 is 1.10 bits per heavy atom. The minimum absolute atomic E-state index is 0.0410. The summed E-state index contributed by atoms with van der Waals surface area (Å²) in [6.45, 7) is 3.59. The Bertz CT molecular complexity index is 1130. The average molecular weight is 391 g/mol. The van der Waals surface area contributed by atoms with Gasteiger partial charge in [0.05, 0.1) is 16.9 Å². The molecule has 2 heterocycles. The zero-order chi connectivity index (χ0) is 20.4. The van der Waals surface area contributed by atoms with Crippen LogP contribution in [0.4, 0.5) is 4.39 Å². The zero-order valence-corrected chi connectivity index (χ0v) is 15.9. The van der Waals surface area contributed by atoms with E-state index in [1.54, 1.807) is 36.9 Å². The molecule has 4 aromatic rings. The van der Waals surface area contributed by atoms with Crippen molar-refractivity contribution in [3.05, 3.63) is 89.2 Å². The van der Waals surface area contributed by atoms with Crippen LogP contribution in [0.5, 0.6) is 0 Å². The number of benzene rings is 2. The Labute approximate surface area is 166 Å². The van der Waals surface area contributed by atoms with E-state index < -0.39 is 5.97 Å². The second-order valence-corrected chi connectivity index (χ2v) is 6.56. The van der Waals surface area contributed by atoms with Crippen molar-refractivity contribution >= 4 is 5.97 Å². The molecule has 0 fully saturated rings. The van der Waals surface area contributed by atoms with Gasteiger partial charge in [-0.15, -0.1) is 0 Å². The van der Waals surface area contributed by atoms with E-state index in [0.717, 1.165) is 11.3 Å². The molecule has 0 bridgehead atoms. The van der Waals surface area contributed by atoms with Gasteiger partial charge in [-0.05, 0) is 50.2 Å². The fraction of sp³-hybridized carbons (Fsp3) is 0.136. The third kappa shape index (κ3) is 3.80. The number of para-hydroxylation sites is 1. The van der Waals surface area contributed by atoms with E-state index >= 15 is 0 Å². The number of halogens is 1. The molecule has 2 aromatic heterocycles. The van der Waals surface area contributed by atoms with Crippen LogP contribution in [0.15, 0.2) is 65.3 Å². The van der Waals surface area contributed by atoms with Crippen LogP contribution in [0.1, 0.15) is 27.4 Å². The number of hydrogen-bond donors (Lipinski definition) is 0. The highest BCUT2D eigenvalue weighted by Crippen LogP contribution is 2.25. The van der Waals surface area contributed by atoms with E-state index in [0.29, 0.717) is 22.7 Å². The van der Waals surface area contributed by atoms with Crippen molar-refractivity contribution in [1.82, 2.24) is 14.9 Å². The Hall–Kier alpha value is -3.74. The average Bonchev–Trinajstić information content (AvgIpc) is 3.32. The summed E-state index contributed by atoms with van der Waals surface area (Å²) < 4.78 is 25.6. The third-order valence-electron chi connectivity index (χ3n) is 4.60. The minimum atomic E-state index is -0.536. The van der Waals surface area contributed by atoms with E-state index in [1.807, 2.05) is 30.3 Å². The van der Waals surface area contributed by atoms with Gasteiger partial charge in [0.1, 0.15) is 29.4 Å². The maximum atomic E-state index is 13.4. The molecule has 0 amide bonds.